The van der Waals surface area contributed by atoms with Crippen LogP contribution in [0.1, 0.15) is 40.9 Å². The van der Waals surface area contributed by atoms with Crippen molar-refractivity contribution in [1.82, 2.24) is 9.97 Å². The minimum Gasteiger partial charge on any atom is -0.481 e. The molecule has 100 valence electrons. The Morgan fingerprint density at radius 2 is 2.47 bits per heavy atom. The maximum Gasteiger partial charge on any atom is 0.312 e. The minimum atomic E-state index is -0.774. The summed E-state index contributed by atoms with van der Waals surface area (Å²) < 4.78 is 0. The first-order valence-electron chi connectivity index (χ1n) is 6.03. The molecule has 1 aliphatic carbocycles. The maximum atomic E-state index is 11.1. The van der Waals surface area contributed by atoms with Gasteiger partial charge in [0.1, 0.15) is 10.9 Å². The molecule has 2 unspecified atom stereocenters. The van der Waals surface area contributed by atoms with Crippen LogP contribution in [0.5, 0.6) is 0 Å². The lowest BCUT2D eigenvalue weighted by Gasteiger charge is -2.09. The van der Waals surface area contributed by atoms with Gasteiger partial charge in [0.05, 0.1) is 11.7 Å². The molecule has 0 aliphatic heterocycles. The molecule has 2 atom stereocenters. The number of hydrogen-bond acceptors (Lipinski definition) is 6. The third kappa shape index (κ3) is 2.35. The third-order valence-electron chi connectivity index (χ3n) is 3.18. The molecular weight excluding hydrogens is 282 g/mol. The van der Waals surface area contributed by atoms with Gasteiger partial charge in [-0.2, -0.15) is 0 Å². The summed E-state index contributed by atoms with van der Waals surface area (Å²) in [5.41, 5.74) is 0.742. The van der Waals surface area contributed by atoms with Crippen molar-refractivity contribution >= 4 is 33.8 Å². The smallest absolute Gasteiger partial charge is 0.312 e. The van der Waals surface area contributed by atoms with Gasteiger partial charge in [-0.15, -0.1) is 22.7 Å². The predicted octanol–water partition coefficient (Wildman–Crippen LogP) is 2.89. The van der Waals surface area contributed by atoms with Crippen LogP contribution in [0.15, 0.2) is 11.6 Å². The Bertz CT molecular complexity index is 594. The lowest BCUT2D eigenvalue weighted by molar-refractivity contribution is -0.138. The van der Waals surface area contributed by atoms with Crippen LogP contribution in [0.3, 0.4) is 0 Å². The highest BCUT2D eigenvalue weighted by Gasteiger charge is 2.32. The molecule has 0 radical (unpaired) electrons. The largest absolute Gasteiger partial charge is 0.481 e. The van der Waals surface area contributed by atoms with Crippen LogP contribution in [-0.2, 0) is 11.2 Å². The molecule has 7 heteroatoms. The zero-order valence-electron chi connectivity index (χ0n) is 10.3. The monoisotopic (exact) mass is 295 g/mol. The first-order chi connectivity index (χ1) is 9.15. The second-order valence-electron chi connectivity index (χ2n) is 4.49. The van der Waals surface area contributed by atoms with Crippen LogP contribution >= 0.6 is 22.7 Å². The highest BCUT2D eigenvalue weighted by atomic mass is 32.1. The van der Waals surface area contributed by atoms with Crippen LogP contribution in [0.2, 0.25) is 0 Å². The number of aliphatic carboxylic acids is 1. The van der Waals surface area contributed by atoms with E-state index in [9.17, 15) is 4.79 Å². The fraction of sp³-hybridized carbons (Fsp3) is 0.417. The number of rotatable bonds is 4. The number of nitrogens with zero attached hydrogens (tertiary/aromatic N) is 2. The van der Waals surface area contributed by atoms with Gasteiger partial charge in [-0.3, -0.25) is 4.79 Å². The molecule has 1 aliphatic rings. The second kappa shape index (κ2) is 4.90. The van der Waals surface area contributed by atoms with Crippen molar-refractivity contribution in [2.24, 2.45) is 0 Å². The van der Waals surface area contributed by atoms with Crippen molar-refractivity contribution in [2.75, 3.05) is 5.32 Å². The van der Waals surface area contributed by atoms with Gasteiger partial charge < -0.3 is 10.4 Å². The van der Waals surface area contributed by atoms with E-state index in [0.29, 0.717) is 6.42 Å². The standard InChI is InChI=1S/C12H13N3O2S2/c1-6(10-13-4-5-18-10)14-12-15-9-7(11(16)17)2-3-8(9)19-12/h4-7H,2-3H2,1H3,(H,14,15)(H,16,17). The summed E-state index contributed by atoms with van der Waals surface area (Å²) in [6.45, 7) is 2.03. The molecule has 2 aromatic rings. The van der Waals surface area contributed by atoms with Crippen LogP contribution in [0.4, 0.5) is 5.13 Å². The van der Waals surface area contributed by atoms with Crippen molar-refractivity contribution < 1.29 is 9.90 Å². The number of nitrogens with one attached hydrogen (secondary N) is 1. The summed E-state index contributed by atoms with van der Waals surface area (Å²) in [7, 11) is 0. The SMILES string of the molecule is CC(Nc1nc2c(s1)CCC2C(=O)O)c1nccs1. The zero-order chi connectivity index (χ0) is 13.4. The summed E-state index contributed by atoms with van der Waals surface area (Å²) in [5, 5.41) is 16.2. The Morgan fingerprint density at radius 3 is 3.16 bits per heavy atom. The quantitative estimate of drug-likeness (QED) is 0.907. The molecule has 2 aromatic heterocycles. The molecule has 0 aromatic carbocycles. The van der Waals surface area contributed by atoms with Crippen molar-refractivity contribution in [3.05, 3.63) is 27.2 Å². The normalized spacial score (nSPS) is 19.1. The van der Waals surface area contributed by atoms with Crippen LogP contribution in [0, 0.1) is 0 Å². The van der Waals surface area contributed by atoms with Crippen molar-refractivity contribution in [2.45, 2.75) is 31.7 Å². The summed E-state index contributed by atoms with van der Waals surface area (Å²) in [4.78, 5) is 20.9. The van der Waals surface area contributed by atoms with E-state index in [1.165, 1.54) is 0 Å². The van der Waals surface area contributed by atoms with E-state index < -0.39 is 11.9 Å². The number of aromatic nitrogens is 2. The molecule has 0 saturated carbocycles. The fourth-order valence-corrected chi connectivity index (χ4v) is 4.00. The molecule has 2 N–H and O–H groups in total. The number of carboxylic acid groups (broad SMARTS) is 1. The number of hydrogen-bond donors (Lipinski definition) is 2. The molecule has 0 saturated heterocycles. The van der Waals surface area contributed by atoms with Gasteiger partial charge >= 0.3 is 5.97 Å². The Hall–Kier alpha value is -1.47. The highest BCUT2D eigenvalue weighted by molar-refractivity contribution is 7.15. The van der Waals surface area contributed by atoms with E-state index >= 15 is 0 Å². The third-order valence-corrected chi connectivity index (χ3v) is 5.20. The summed E-state index contributed by atoms with van der Waals surface area (Å²) in [6.07, 6.45) is 3.27. The van der Waals surface area contributed by atoms with E-state index in [1.54, 1.807) is 28.9 Å². The second-order valence-corrected chi connectivity index (χ2v) is 6.50. The van der Waals surface area contributed by atoms with E-state index in [4.69, 9.17) is 5.11 Å². The van der Waals surface area contributed by atoms with Crippen LogP contribution < -0.4 is 5.32 Å². The van der Waals surface area contributed by atoms with E-state index in [-0.39, 0.29) is 6.04 Å². The minimum absolute atomic E-state index is 0.0922. The number of anilines is 1. The number of fused-ring (bicyclic) bond motifs is 1. The molecule has 0 spiro atoms. The summed E-state index contributed by atoms with van der Waals surface area (Å²) in [5.74, 6) is -1.21. The number of carbonyl (C=O) groups is 1. The van der Waals surface area contributed by atoms with Crippen LogP contribution in [-0.4, -0.2) is 21.0 Å². The van der Waals surface area contributed by atoms with E-state index in [2.05, 4.69) is 15.3 Å². The van der Waals surface area contributed by atoms with Crippen molar-refractivity contribution in [3.8, 4) is 0 Å². The van der Waals surface area contributed by atoms with Gasteiger partial charge in [0.15, 0.2) is 5.13 Å². The van der Waals surface area contributed by atoms with Crippen molar-refractivity contribution in [3.63, 3.8) is 0 Å². The number of thiazole rings is 2. The first kappa shape index (κ1) is 12.6. The topological polar surface area (TPSA) is 75.1 Å². The molecule has 3 rings (SSSR count). The Balaban J connectivity index is 1.77. The van der Waals surface area contributed by atoms with E-state index in [1.807, 2.05) is 12.3 Å². The number of aryl methyl sites for hydroxylation is 1. The van der Waals surface area contributed by atoms with Gasteiger partial charge in [0.2, 0.25) is 0 Å². The van der Waals surface area contributed by atoms with Crippen LogP contribution in [0.25, 0.3) is 0 Å². The van der Waals surface area contributed by atoms with Gasteiger partial charge in [-0.1, -0.05) is 0 Å². The lowest BCUT2D eigenvalue weighted by Crippen LogP contribution is -2.10. The molecule has 19 heavy (non-hydrogen) atoms. The molecule has 2 heterocycles. The van der Waals surface area contributed by atoms with Gasteiger partial charge in [-0.05, 0) is 19.8 Å². The van der Waals surface area contributed by atoms with Gasteiger partial charge in [0, 0.05) is 16.5 Å². The number of carboxylic acids is 1. The molecule has 0 fully saturated rings. The molecule has 0 amide bonds. The Labute approximate surface area is 118 Å². The summed E-state index contributed by atoms with van der Waals surface area (Å²) >= 11 is 3.16. The predicted molar refractivity (Wildman–Crippen MR) is 75.0 cm³/mol. The average molecular weight is 295 g/mol. The zero-order valence-corrected chi connectivity index (χ0v) is 11.9. The van der Waals surface area contributed by atoms with E-state index in [0.717, 1.165) is 27.1 Å². The Kier molecular flexibility index (Phi) is 3.24. The highest BCUT2D eigenvalue weighted by Crippen LogP contribution is 2.39. The Morgan fingerprint density at radius 1 is 1.63 bits per heavy atom. The lowest BCUT2D eigenvalue weighted by atomic mass is 10.1. The first-order valence-corrected chi connectivity index (χ1v) is 7.73. The van der Waals surface area contributed by atoms with Crippen molar-refractivity contribution in [1.29, 1.82) is 0 Å². The van der Waals surface area contributed by atoms with Gasteiger partial charge in [-0.25, -0.2) is 9.97 Å². The summed E-state index contributed by atoms with van der Waals surface area (Å²) in [6, 6.07) is 0.0922. The maximum absolute atomic E-state index is 11.1. The molecule has 0 bridgehead atoms. The average Bonchev–Trinajstić information content (AvgIpc) is 3.03. The molecular formula is C12H13N3O2S2. The fourth-order valence-electron chi connectivity index (χ4n) is 2.22. The van der Waals surface area contributed by atoms with Gasteiger partial charge in [0.25, 0.3) is 0 Å². The molecule has 5 nitrogen and oxygen atoms in total.